The van der Waals surface area contributed by atoms with Crippen LogP contribution in [0.15, 0.2) is 12.7 Å². The van der Waals surface area contributed by atoms with Crippen molar-refractivity contribution in [3.63, 3.8) is 0 Å². The third-order valence-corrected chi connectivity index (χ3v) is 2.13. The van der Waals surface area contributed by atoms with Crippen molar-refractivity contribution in [1.82, 2.24) is 5.32 Å². The van der Waals surface area contributed by atoms with Crippen LogP contribution in [0.1, 0.15) is 13.3 Å². The quantitative estimate of drug-likeness (QED) is 0.637. The van der Waals surface area contributed by atoms with E-state index in [-0.39, 0.29) is 11.9 Å². The first-order valence-electron chi connectivity index (χ1n) is 3.66. The van der Waals surface area contributed by atoms with Gasteiger partial charge < -0.3 is 5.32 Å². The topological polar surface area (TPSA) is 29.1 Å². The molecule has 2 nitrogen and oxygen atoms in total. The van der Waals surface area contributed by atoms with E-state index >= 15 is 0 Å². The normalized spacial score (nSPS) is 12.2. The van der Waals surface area contributed by atoms with E-state index in [9.17, 15) is 4.79 Å². The van der Waals surface area contributed by atoms with Gasteiger partial charge in [0.1, 0.15) is 0 Å². The van der Waals surface area contributed by atoms with E-state index in [0.29, 0.717) is 0 Å². The molecule has 0 fully saturated rings. The Hall–Kier alpha value is -0.440. The van der Waals surface area contributed by atoms with Crippen LogP contribution in [0.5, 0.6) is 0 Å². The van der Waals surface area contributed by atoms with E-state index < -0.39 is 0 Å². The van der Waals surface area contributed by atoms with E-state index in [1.54, 1.807) is 11.8 Å². The number of rotatable bonds is 5. The van der Waals surface area contributed by atoms with Crippen molar-refractivity contribution in [3.8, 4) is 0 Å². The molecule has 0 aliphatic carbocycles. The van der Waals surface area contributed by atoms with Crippen LogP contribution < -0.4 is 5.32 Å². The van der Waals surface area contributed by atoms with Crippen LogP contribution in [0, 0.1) is 0 Å². The zero-order chi connectivity index (χ0) is 8.69. The molecule has 0 aromatic carbocycles. The highest BCUT2D eigenvalue weighted by Gasteiger charge is 2.05. The van der Waals surface area contributed by atoms with Gasteiger partial charge in [0.2, 0.25) is 5.91 Å². The number of amides is 1. The minimum absolute atomic E-state index is 0.0779. The summed E-state index contributed by atoms with van der Waals surface area (Å²) in [6.07, 6.45) is 4.31. The average Bonchev–Trinajstić information content (AvgIpc) is 2.03. The van der Waals surface area contributed by atoms with Crippen molar-refractivity contribution in [2.45, 2.75) is 19.4 Å². The number of thioether (sulfide) groups is 1. The minimum Gasteiger partial charge on any atom is -0.349 e. The predicted octanol–water partition coefficient (Wildman–Crippen LogP) is 1.43. The van der Waals surface area contributed by atoms with Crippen LogP contribution in [-0.4, -0.2) is 24.0 Å². The lowest BCUT2D eigenvalue weighted by Gasteiger charge is -2.13. The molecule has 0 aliphatic rings. The standard InChI is InChI=1S/C8H15NOS/c1-4-7(6-11-3)9-8(10)5-2/h5,7H,2,4,6H2,1,3H3,(H,9,10). The minimum atomic E-state index is -0.0779. The van der Waals surface area contributed by atoms with Gasteiger partial charge in [-0.25, -0.2) is 0 Å². The lowest BCUT2D eigenvalue weighted by atomic mass is 10.2. The van der Waals surface area contributed by atoms with Gasteiger partial charge in [-0.2, -0.15) is 11.8 Å². The van der Waals surface area contributed by atoms with Gasteiger partial charge in [0.15, 0.2) is 0 Å². The summed E-state index contributed by atoms with van der Waals surface area (Å²) in [5.74, 6) is 0.890. The molecule has 0 saturated heterocycles. The van der Waals surface area contributed by atoms with E-state index in [1.807, 2.05) is 6.26 Å². The number of hydrogen-bond acceptors (Lipinski definition) is 2. The molecule has 0 saturated carbocycles. The second-order valence-corrected chi connectivity index (χ2v) is 3.18. The molecule has 0 aromatic rings. The number of nitrogens with one attached hydrogen (secondary N) is 1. The molecule has 11 heavy (non-hydrogen) atoms. The fourth-order valence-electron chi connectivity index (χ4n) is 0.723. The summed E-state index contributed by atoms with van der Waals surface area (Å²) in [4.78, 5) is 10.8. The molecule has 1 atom stereocenters. The van der Waals surface area contributed by atoms with Crippen LogP contribution >= 0.6 is 11.8 Å². The Bertz CT molecular complexity index is 136. The SMILES string of the molecule is C=CC(=O)NC(CC)CSC. The van der Waals surface area contributed by atoms with Crippen LogP contribution in [0.25, 0.3) is 0 Å². The van der Waals surface area contributed by atoms with E-state index in [2.05, 4.69) is 18.8 Å². The van der Waals surface area contributed by atoms with Gasteiger partial charge in [0.25, 0.3) is 0 Å². The molecule has 1 N–H and O–H groups in total. The Kier molecular flexibility index (Phi) is 6.03. The first-order valence-corrected chi connectivity index (χ1v) is 5.05. The van der Waals surface area contributed by atoms with Crippen molar-refractivity contribution in [3.05, 3.63) is 12.7 Å². The lowest BCUT2D eigenvalue weighted by molar-refractivity contribution is -0.117. The summed E-state index contributed by atoms with van der Waals surface area (Å²) < 4.78 is 0. The van der Waals surface area contributed by atoms with Gasteiger partial charge in [-0.05, 0) is 18.8 Å². The average molecular weight is 173 g/mol. The number of carbonyl (C=O) groups is 1. The monoisotopic (exact) mass is 173 g/mol. The zero-order valence-electron chi connectivity index (χ0n) is 7.09. The molecule has 1 unspecified atom stereocenters. The molecule has 0 heterocycles. The highest BCUT2D eigenvalue weighted by molar-refractivity contribution is 7.98. The molecule has 64 valence electrons. The van der Waals surface area contributed by atoms with Crippen LogP contribution in [0.2, 0.25) is 0 Å². The van der Waals surface area contributed by atoms with E-state index in [1.165, 1.54) is 6.08 Å². The van der Waals surface area contributed by atoms with Gasteiger partial charge in [0.05, 0.1) is 0 Å². The fraction of sp³-hybridized carbons (Fsp3) is 0.625. The summed E-state index contributed by atoms with van der Waals surface area (Å²) in [7, 11) is 0. The molecule has 0 radical (unpaired) electrons. The summed E-state index contributed by atoms with van der Waals surface area (Å²) in [6, 6.07) is 0.287. The first kappa shape index (κ1) is 10.6. The van der Waals surface area contributed by atoms with Gasteiger partial charge in [-0.15, -0.1) is 0 Å². The molecule has 3 heteroatoms. The van der Waals surface area contributed by atoms with Gasteiger partial charge in [0, 0.05) is 11.8 Å². The summed E-state index contributed by atoms with van der Waals surface area (Å²) in [5, 5.41) is 2.84. The lowest BCUT2D eigenvalue weighted by Crippen LogP contribution is -2.34. The maximum Gasteiger partial charge on any atom is 0.243 e. The van der Waals surface area contributed by atoms with Crippen LogP contribution in [0.4, 0.5) is 0 Å². The third-order valence-electron chi connectivity index (χ3n) is 1.39. The van der Waals surface area contributed by atoms with Gasteiger partial charge in [-0.3, -0.25) is 4.79 Å². The second-order valence-electron chi connectivity index (χ2n) is 2.27. The smallest absolute Gasteiger partial charge is 0.243 e. The van der Waals surface area contributed by atoms with Gasteiger partial charge >= 0.3 is 0 Å². The number of carbonyl (C=O) groups excluding carboxylic acids is 1. The van der Waals surface area contributed by atoms with Crippen LogP contribution in [0.3, 0.4) is 0 Å². The zero-order valence-corrected chi connectivity index (χ0v) is 7.91. The highest BCUT2D eigenvalue weighted by atomic mass is 32.2. The second kappa shape index (κ2) is 6.28. The van der Waals surface area contributed by atoms with Crippen molar-refractivity contribution >= 4 is 17.7 Å². The summed E-state index contributed by atoms with van der Waals surface area (Å²) in [6.45, 7) is 5.45. The molecule has 0 bridgehead atoms. The van der Waals surface area contributed by atoms with Crippen molar-refractivity contribution < 1.29 is 4.79 Å². The van der Waals surface area contributed by atoms with Crippen molar-refractivity contribution in [2.75, 3.05) is 12.0 Å². The highest BCUT2D eigenvalue weighted by Crippen LogP contribution is 2.00. The Labute approximate surface area is 72.4 Å². The fourth-order valence-corrected chi connectivity index (χ4v) is 1.44. The van der Waals surface area contributed by atoms with Crippen molar-refractivity contribution in [2.24, 2.45) is 0 Å². The Balaban J connectivity index is 3.67. The maximum absolute atomic E-state index is 10.8. The predicted molar refractivity (Wildman–Crippen MR) is 50.8 cm³/mol. The summed E-state index contributed by atoms with van der Waals surface area (Å²) in [5.41, 5.74) is 0. The van der Waals surface area contributed by atoms with E-state index in [4.69, 9.17) is 0 Å². The Morgan fingerprint density at radius 2 is 2.45 bits per heavy atom. The molecular weight excluding hydrogens is 158 g/mol. The van der Waals surface area contributed by atoms with Crippen molar-refractivity contribution in [1.29, 1.82) is 0 Å². The van der Waals surface area contributed by atoms with E-state index in [0.717, 1.165) is 12.2 Å². The molecule has 0 spiro atoms. The summed E-state index contributed by atoms with van der Waals surface area (Å²) >= 11 is 1.74. The molecule has 0 aromatic heterocycles. The van der Waals surface area contributed by atoms with Crippen LogP contribution in [-0.2, 0) is 4.79 Å². The van der Waals surface area contributed by atoms with Gasteiger partial charge in [-0.1, -0.05) is 13.5 Å². The largest absolute Gasteiger partial charge is 0.349 e. The first-order chi connectivity index (χ1) is 5.24. The molecule has 0 rings (SSSR count). The Morgan fingerprint density at radius 1 is 1.82 bits per heavy atom. The maximum atomic E-state index is 10.8. The Morgan fingerprint density at radius 3 is 2.82 bits per heavy atom. The number of hydrogen-bond donors (Lipinski definition) is 1. The molecule has 1 amide bonds. The molecule has 0 aliphatic heterocycles. The molecular formula is C8H15NOS. The third kappa shape index (κ3) is 4.90.